The number of rotatable bonds is 4. The first-order chi connectivity index (χ1) is 6.72. The molecule has 0 aromatic heterocycles. The van der Waals surface area contributed by atoms with Crippen LogP contribution in [0.25, 0.3) is 0 Å². The number of methoxy groups -OCH3 is 1. The largest absolute Gasteiger partial charge is 0.495 e. The smallest absolute Gasteiger partial charge is 0.143 e. The highest BCUT2D eigenvalue weighted by Gasteiger charge is 2.09. The predicted octanol–water partition coefficient (Wildman–Crippen LogP) is 2.30. The summed E-state index contributed by atoms with van der Waals surface area (Å²) in [6.45, 7) is 2.36. The van der Waals surface area contributed by atoms with Crippen LogP contribution in [-0.2, 0) is 17.9 Å². The highest BCUT2D eigenvalue weighted by molar-refractivity contribution is 6.32. The quantitative estimate of drug-likeness (QED) is 0.784. The summed E-state index contributed by atoms with van der Waals surface area (Å²) in [5.41, 5.74) is 2.02. The van der Waals surface area contributed by atoms with Gasteiger partial charge in [0, 0.05) is 5.56 Å². The van der Waals surface area contributed by atoms with Crippen molar-refractivity contribution in [2.45, 2.75) is 20.0 Å². The molecule has 0 amide bonds. The van der Waals surface area contributed by atoms with Crippen LogP contribution in [0.4, 0.5) is 0 Å². The van der Waals surface area contributed by atoms with Gasteiger partial charge in [-0.05, 0) is 24.1 Å². The normalized spacial score (nSPS) is 10.3. The minimum absolute atomic E-state index is 0.302. The first-order valence-corrected chi connectivity index (χ1v) is 4.77. The number of hydrogen-bond donors (Lipinski definition) is 1. The number of benzene rings is 1. The van der Waals surface area contributed by atoms with Crippen molar-refractivity contribution in [3.63, 3.8) is 0 Å². The van der Waals surface area contributed by atoms with E-state index >= 15 is 0 Å². The molecular formula is C10H14ClNO2. The van der Waals surface area contributed by atoms with Crippen LogP contribution in [0.5, 0.6) is 5.75 Å². The van der Waals surface area contributed by atoms with E-state index in [9.17, 15) is 0 Å². The second-order valence-corrected chi connectivity index (χ2v) is 3.34. The third-order valence-electron chi connectivity index (χ3n) is 2.03. The maximum Gasteiger partial charge on any atom is 0.143 e. The molecule has 0 unspecified atom stereocenters. The SMILES string of the molecule is CCc1cc(Cl)c(OC)c(CON)c1. The molecule has 1 rings (SSSR count). The van der Waals surface area contributed by atoms with Crippen LogP contribution < -0.4 is 10.6 Å². The van der Waals surface area contributed by atoms with Crippen molar-refractivity contribution >= 4 is 11.6 Å². The molecule has 0 saturated heterocycles. The minimum Gasteiger partial charge on any atom is -0.495 e. The Morgan fingerprint density at radius 2 is 2.14 bits per heavy atom. The molecule has 0 bridgehead atoms. The van der Waals surface area contributed by atoms with E-state index in [-0.39, 0.29) is 0 Å². The lowest BCUT2D eigenvalue weighted by atomic mass is 10.1. The monoisotopic (exact) mass is 215 g/mol. The number of hydrogen-bond acceptors (Lipinski definition) is 3. The Morgan fingerprint density at radius 3 is 2.64 bits per heavy atom. The van der Waals surface area contributed by atoms with E-state index in [1.165, 1.54) is 0 Å². The third kappa shape index (κ3) is 2.38. The van der Waals surface area contributed by atoms with Gasteiger partial charge in [-0.15, -0.1) is 0 Å². The summed E-state index contributed by atoms with van der Waals surface area (Å²) in [6.07, 6.45) is 0.918. The maximum atomic E-state index is 6.03. The standard InChI is InChI=1S/C10H14ClNO2/c1-3-7-4-8(6-14-12)10(13-2)9(11)5-7/h4-5H,3,6,12H2,1-2H3. The van der Waals surface area contributed by atoms with Gasteiger partial charge in [0.05, 0.1) is 18.7 Å². The Labute approximate surface area is 88.7 Å². The van der Waals surface area contributed by atoms with E-state index in [1.807, 2.05) is 12.1 Å². The molecule has 0 saturated carbocycles. The summed E-state index contributed by atoms with van der Waals surface area (Å²) < 4.78 is 5.16. The van der Waals surface area contributed by atoms with Crippen LogP contribution in [0.15, 0.2) is 12.1 Å². The topological polar surface area (TPSA) is 44.5 Å². The average Bonchev–Trinajstić information content (AvgIpc) is 2.18. The van der Waals surface area contributed by atoms with Crippen LogP contribution in [-0.4, -0.2) is 7.11 Å². The summed E-state index contributed by atoms with van der Waals surface area (Å²) in [5, 5.41) is 0.596. The molecule has 3 nitrogen and oxygen atoms in total. The highest BCUT2D eigenvalue weighted by Crippen LogP contribution is 2.30. The van der Waals surface area contributed by atoms with Gasteiger partial charge in [0.2, 0.25) is 0 Å². The van der Waals surface area contributed by atoms with Crippen LogP contribution in [0.1, 0.15) is 18.1 Å². The molecule has 2 N–H and O–H groups in total. The lowest BCUT2D eigenvalue weighted by molar-refractivity contribution is 0.122. The lowest BCUT2D eigenvalue weighted by Crippen LogP contribution is -2.02. The van der Waals surface area contributed by atoms with Gasteiger partial charge in [-0.2, -0.15) is 0 Å². The van der Waals surface area contributed by atoms with Crippen molar-refractivity contribution < 1.29 is 9.57 Å². The van der Waals surface area contributed by atoms with Gasteiger partial charge in [-0.25, -0.2) is 5.90 Å². The van der Waals surface area contributed by atoms with Gasteiger partial charge in [0.1, 0.15) is 5.75 Å². The van der Waals surface area contributed by atoms with Gasteiger partial charge in [0.15, 0.2) is 0 Å². The van der Waals surface area contributed by atoms with Gasteiger partial charge in [0.25, 0.3) is 0 Å². The van der Waals surface area contributed by atoms with E-state index in [4.69, 9.17) is 22.2 Å². The zero-order chi connectivity index (χ0) is 10.6. The molecule has 0 aliphatic heterocycles. The molecule has 0 aliphatic rings. The molecule has 0 spiro atoms. The zero-order valence-electron chi connectivity index (χ0n) is 8.34. The number of aryl methyl sites for hydroxylation is 1. The van der Waals surface area contributed by atoms with Crippen LogP contribution in [0.3, 0.4) is 0 Å². The molecule has 0 radical (unpaired) electrons. The Morgan fingerprint density at radius 1 is 1.43 bits per heavy atom. The Bertz CT molecular complexity index is 315. The van der Waals surface area contributed by atoms with Crippen molar-refractivity contribution in [2.24, 2.45) is 5.90 Å². The first kappa shape index (κ1) is 11.3. The summed E-state index contributed by atoms with van der Waals surface area (Å²) in [4.78, 5) is 4.59. The Kier molecular flexibility index (Phi) is 4.20. The molecule has 14 heavy (non-hydrogen) atoms. The zero-order valence-corrected chi connectivity index (χ0v) is 9.10. The summed E-state index contributed by atoms with van der Waals surface area (Å²) in [7, 11) is 1.58. The Hall–Kier alpha value is -0.770. The first-order valence-electron chi connectivity index (χ1n) is 4.39. The van der Waals surface area contributed by atoms with Gasteiger partial charge in [-0.3, -0.25) is 4.84 Å². The fourth-order valence-corrected chi connectivity index (χ4v) is 1.68. The van der Waals surface area contributed by atoms with E-state index in [1.54, 1.807) is 7.11 Å². The fourth-order valence-electron chi connectivity index (χ4n) is 1.34. The number of nitrogens with two attached hydrogens (primary N) is 1. The maximum absolute atomic E-state index is 6.03. The van der Waals surface area contributed by atoms with Gasteiger partial charge in [-0.1, -0.05) is 18.5 Å². The lowest BCUT2D eigenvalue weighted by Gasteiger charge is -2.11. The van der Waals surface area contributed by atoms with Crippen molar-refractivity contribution in [1.29, 1.82) is 0 Å². The van der Waals surface area contributed by atoms with Crippen molar-refractivity contribution in [3.05, 3.63) is 28.3 Å². The highest BCUT2D eigenvalue weighted by atomic mass is 35.5. The molecule has 0 aliphatic carbocycles. The van der Waals surface area contributed by atoms with Crippen molar-refractivity contribution in [3.8, 4) is 5.75 Å². The van der Waals surface area contributed by atoms with E-state index < -0.39 is 0 Å². The fraction of sp³-hybridized carbons (Fsp3) is 0.400. The average molecular weight is 216 g/mol. The predicted molar refractivity (Wildman–Crippen MR) is 56.4 cm³/mol. The van der Waals surface area contributed by atoms with Gasteiger partial charge >= 0.3 is 0 Å². The molecule has 4 heteroatoms. The summed E-state index contributed by atoms with van der Waals surface area (Å²) in [5.74, 6) is 5.66. The molecule has 0 fully saturated rings. The molecule has 0 atom stereocenters. The van der Waals surface area contributed by atoms with E-state index in [0.29, 0.717) is 17.4 Å². The second-order valence-electron chi connectivity index (χ2n) is 2.93. The third-order valence-corrected chi connectivity index (χ3v) is 2.31. The van der Waals surface area contributed by atoms with Gasteiger partial charge < -0.3 is 4.74 Å². The van der Waals surface area contributed by atoms with Crippen LogP contribution in [0, 0.1) is 0 Å². The summed E-state index contributed by atoms with van der Waals surface area (Å²) >= 11 is 6.03. The van der Waals surface area contributed by atoms with E-state index in [0.717, 1.165) is 17.5 Å². The van der Waals surface area contributed by atoms with Crippen LogP contribution >= 0.6 is 11.6 Å². The molecule has 1 aromatic carbocycles. The second kappa shape index (κ2) is 5.20. The molecule has 78 valence electrons. The Balaban J connectivity index is 3.13. The number of ether oxygens (including phenoxy) is 1. The van der Waals surface area contributed by atoms with Crippen molar-refractivity contribution in [1.82, 2.24) is 0 Å². The van der Waals surface area contributed by atoms with Crippen molar-refractivity contribution in [2.75, 3.05) is 7.11 Å². The molecule has 0 heterocycles. The molecular weight excluding hydrogens is 202 g/mol. The molecule has 1 aromatic rings. The minimum atomic E-state index is 0.302. The number of halogens is 1. The van der Waals surface area contributed by atoms with E-state index in [2.05, 4.69) is 11.8 Å². The summed E-state index contributed by atoms with van der Waals surface area (Å²) in [6, 6.07) is 3.87. The van der Waals surface area contributed by atoms with Crippen LogP contribution in [0.2, 0.25) is 5.02 Å².